The molecule has 0 radical (unpaired) electrons. The van der Waals surface area contributed by atoms with E-state index in [1.165, 1.54) is 126 Å². The summed E-state index contributed by atoms with van der Waals surface area (Å²) in [4.78, 5) is 8.23. The van der Waals surface area contributed by atoms with E-state index in [4.69, 9.17) is 0 Å². The first-order valence-corrected chi connectivity index (χ1v) is 28.1. The van der Waals surface area contributed by atoms with Gasteiger partial charge >= 0.3 is 0 Å². The van der Waals surface area contributed by atoms with Crippen LogP contribution in [0.1, 0.15) is 176 Å². The summed E-state index contributed by atoms with van der Waals surface area (Å²) in [6, 6.07) is 55.8. The Morgan fingerprint density at radius 2 is 0.946 bits per heavy atom. The van der Waals surface area contributed by atoms with Crippen molar-refractivity contribution in [2.75, 3.05) is 14.7 Å². The van der Waals surface area contributed by atoms with Gasteiger partial charge in [0.15, 0.2) is 0 Å². The van der Waals surface area contributed by atoms with Gasteiger partial charge in [-0.3, -0.25) is 0 Å². The molecule has 12 rings (SSSR count). The minimum atomic E-state index is -0.127. The molecule has 3 heterocycles. The van der Waals surface area contributed by atoms with E-state index in [1.54, 1.807) is 0 Å². The second-order valence-electron chi connectivity index (χ2n) is 28.1. The van der Waals surface area contributed by atoms with Gasteiger partial charge in [-0.25, -0.2) is 0 Å². The van der Waals surface area contributed by atoms with Gasteiger partial charge in [0.05, 0.1) is 11.2 Å². The van der Waals surface area contributed by atoms with E-state index in [0.29, 0.717) is 0 Å². The molecule has 1 saturated carbocycles. The Hall–Kier alpha value is -6.00. The number of anilines is 8. The van der Waals surface area contributed by atoms with Crippen LogP contribution in [0.2, 0.25) is 0 Å². The van der Waals surface area contributed by atoms with E-state index in [2.05, 4.69) is 258 Å². The van der Waals surface area contributed by atoms with Crippen LogP contribution >= 0.6 is 0 Å². The Morgan fingerprint density at radius 3 is 1.59 bits per heavy atom. The fourth-order valence-corrected chi connectivity index (χ4v) is 14.4. The van der Waals surface area contributed by atoms with Crippen molar-refractivity contribution < 1.29 is 0 Å². The van der Waals surface area contributed by atoms with Crippen LogP contribution in [0.5, 0.6) is 0 Å². The Morgan fingerprint density at radius 1 is 0.405 bits per heavy atom. The third-order valence-electron chi connectivity index (χ3n) is 19.3. The maximum Gasteiger partial charge on any atom is 0.252 e. The fourth-order valence-electron chi connectivity index (χ4n) is 14.4. The number of hydrogen-bond acceptors (Lipinski definition) is 3. The maximum atomic E-state index is 2.82. The first kappa shape index (κ1) is 48.9. The molecule has 2 aliphatic carbocycles. The highest BCUT2D eigenvalue weighted by molar-refractivity contribution is 7.00. The normalized spacial score (nSPS) is 21.3. The largest absolute Gasteiger partial charge is 0.334 e. The Labute approximate surface area is 445 Å². The lowest BCUT2D eigenvalue weighted by atomic mass is 9.33. The molecular weight excluding hydrogens is 894 g/mol. The zero-order valence-corrected chi connectivity index (χ0v) is 47.4. The third kappa shape index (κ3) is 7.26. The van der Waals surface area contributed by atoms with E-state index in [0.717, 1.165) is 19.3 Å². The molecule has 2 atom stereocenters. The summed E-state index contributed by atoms with van der Waals surface area (Å²) in [5.74, 6) is 0. The lowest BCUT2D eigenvalue weighted by molar-refractivity contribution is 0.195. The minimum absolute atomic E-state index is 0.00292. The van der Waals surface area contributed by atoms with Crippen molar-refractivity contribution in [1.82, 2.24) is 0 Å². The molecule has 0 N–H and O–H groups in total. The van der Waals surface area contributed by atoms with Gasteiger partial charge < -0.3 is 14.7 Å². The van der Waals surface area contributed by atoms with Crippen LogP contribution in [-0.4, -0.2) is 12.3 Å². The molecule has 2 unspecified atom stereocenters. The standard InChI is InChI=1S/C70H80BN3/c1-64(2,3)46-27-31-49(32-28-46)72-59-34-30-48(66(7,8)9)40-55(59)71-56-43-53-54(68(12,13)38-37-67(53,10)11)44-60(56)73(57-33-29-47(65(4,5)6)39-51(57)45-23-17-16-18-24-45)62-42-50(41-61(72)63(62)71)74-58-26-20-19-25-52(58)69(14)35-21-22-36-70(69,74)15/h16-20,23-34,39-44H,21-22,35-38H2,1-15H3. The minimum Gasteiger partial charge on any atom is -0.334 e. The van der Waals surface area contributed by atoms with Crippen LogP contribution in [0, 0.1) is 0 Å². The average Bonchev–Trinajstić information content (AvgIpc) is 3.63. The van der Waals surface area contributed by atoms with Crippen molar-refractivity contribution in [2.45, 2.75) is 180 Å². The van der Waals surface area contributed by atoms with Gasteiger partial charge in [-0.1, -0.05) is 195 Å². The van der Waals surface area contributed by atoms with Gasteiger partial charge in [-0.05, 0) is 170 Å². The summed E-state index contributed by atoms with van der Waals surface area (Å²) >= 11 is 0. The smallest absolute Gasteiger partial charge is 0.252 e. The molecule has 1 fully saturated rings. The van der Waals surface area contributed by atoms with E-state index in [1.807, 2.05) is 0 Å². The molecule has 378 valence electrons. The second kappa shape index (κ2) is 16.3. The molecule has 7 aromatic rings. The molecule has 0 aromatic heterocycles. The molecule has 7 aromatic carbocycles. The third-order valence-corrected chi connectivity index (χ3v) is 19.3. The molecule has 3 nitrogen and oxygen atoms in total. The fraction of sp³-hybridized carbons (Fsp3) is 0.400. The summed E-state index contributed by atoms with van der Waals surface area (Å²) in [7, 11) is 0. The first-order valence-electron chi connectivity index (χ1n) is 28.1. The van der Waals surface area contributed by atoms with Crippen molar-refractivity contribution in [2.24, 2.45) is 0 Å². The summed E-state index contributed by atoms with van der Waals surface area (Å²) in [6.07, 6.45) is 7.12. The molecular formula is C70H80BN3. The SMILES string of the molecule is CC(C)(C)c1ccc(N2c3ccc(C(C)(C)C)cc3B3c4cc5c(cc4N(c4ccc(C(C)(C)C)cc4-c4ccccc4)c4cc(N6c7ccccc7C7(C)CCCCC67C)cc2c43)C(C)(C)CCC5(C)C)cc1. The van der Waals surface area contributed by atoms with Gasteiger partial charge in [-0.15, -0.1) is 0 Å². The van der Waals surface area contributed by atoms with E-state index >= 15 is 0 Å². The zero-order valence-electron chi connectivity index (χ0n) is 47.4. The molecule has 74 heavy (non-hydrogen) atoms. The van der Waals surface area contributed by atoms with Crippen molar-refractivity contribution >= 4 is 68.6 Å². The van der Waals surface area contributed by atoms with E-state index in [-0.39, 0.29) is 44.7 Å². The van der Waals surface area contributed by atoms with Gasteiger partial charge in [0, 0.05) is 50.8 Å². The van der Waals surface area contributed by atoms with Gasteiger partial charge in [0.2, 0.25) is 0 Å². The molecule has 0 spiro atoms. The molecule has 5 aliphatic rings. The number of fused-ring (bicyclic) bond motifs is 8. The van der Waals surface area contributed by atoms with Crippen molar-refractivity contribution in [3.05, 3.63) is 173 Å². The second-order valence-corrected chi connectivity index (χ2v) is 28.1. The lowest BCUT2D eigenvalue weighted by Crippen LogP contribution is -2.62. The Kier molecular flexibility index (Phi) is 10.7. The number of benzene rings is 7. The number of rotatable bonds is 4. The van der Waals surface area contributed by atoms with Crippen LogP contribution in [0.15, 0.2) is 140 Å². The van der Waals surface area contributed by atoms with E-state index in [9.17, 15) is 0 Å². The van der Waals surface area contributed by atoms with Crippen molar-refractivity contribution in [3.8, 4) is 11.1 Å². The summed E-state index contributed by atoms with van der Waals surface area (Å²) < 4.78 is 0. The van der Waals surface area contributed by atoms with Crippen LogP contribution < -0.4 is 31.1 Å². The Balaban J connectivity index is 1.26. The number of hydrogen-bond donors (Lipinski definition) is 0. The van der Waals surface area contributed by atoms with Crippen molar-refractivity contribution in [3.63, 3.8) is 0 Å². The van der Waals surface area contributed by atoms with Crippen LogP contribution in [0.25, 0.3) is 11.1 Å². The lowest BCUT2D eigenvalue weighted by Gasteiger charge is -2.51. The average molecular weight is 974 g/mol. The summed E-state index contributed by atoms with van der Waals surface area (Å²) in [5.41, 5.74) is 25.2. The van der Waals surface area contributed by atoms with E-state index < -0.39 is 0 Å². The van der Waals surface area contributed by atoms with Crippen molar-refractivity contribution in [1.29, 1.82) is 0 Å². The van der Waals surface area contributed by atoms with Crippen LogP contribution in [0.4, 0.5) is 45.5 Å². The summed E-state index contributed by atoms with van der Waals surface area (Å²) in [5, 5.41) is 0. The zero-order chi connectivity index (χ0) is 52.3. The van der Waals surface area contributed by atoms with Gasteiger partial charge in [-0.2, -0.15) is 0 Å². The van der Waals surface area contributed by atoms with Crippen LogP contribution in [-0.2, 0) is 32.5 Å². The molecule has 0 bridgehead atoms. The van der Waals surface area contributed by atoms with Gasteiger partial charge in [0.1, 0.15) is 0 Å². The van der Waals surface area contributed by atoms with Gasteiger partial charge in [0.25, 0.3) is 6.71 Å². The number of para-hydroxylation sites is 1. The predicted octanol–water partition coefficient (Wildman–Crippen LogP) is 17.4. The highest BCUT2D eigenvalue weighted by Gasteiger charge is 2.58. The molecule has 0 saturated heterocycles. The molecule has 3 aliphatic heterocycles. The quantitative estimate of drug-likeness (QED) is 0.163. The highest BCUT2D eigenvalue weighted by atomic mass is 15.3. The maximum absolute atomic E-state index is 2.82. The summed E-state index contributed by atoms with van der Waals surface area (Å²) in [6.45, 7) is 36.3. The topological polar surface area (TPSA) is 9.72 Å². The first-order chi connectivity index (χ1) is 34.8. The predicted molar refractivity (Wildman–Crippen MR) is 320 cm³/mol. The highest BCUT2D eigenvalue weighted by Crippen LogP contribution is 2.62. The molecule has 4 heteroatoms. The number of nitrogens with zero attached hydrogens (tertiary/aromatic N) is 3. The molecule has 0 amide bonds. The Bertz CT molecular complexity index is 3390. The van der Waals surface area contributed by atoms with Crippen LogP contribution in [0.3, 0.4) is 0 Å². The monoisotopic (exact) mass is 974 g/mol.